The molecule has 0 unspecified atom stereocenters. The SMILES string of the molecule is COC(=O)CCN(CCO)CCC(C)=O. The highest BCUT2D eigenvalue weighted by molar-refractivity contribution is 5.75. The van der Waals surface area contributed by atoms with Crippen molar-refractivity contribution in [2.75, 3.05) is 33.4 Å². The molecule has 1 N–H and O–H groups in total. The molecule has 0 radical (unpaired) electrons. The lowest BCUT2D eigenvalue weighted by Gasteiger charge is -2.19. The molecular weight excluding hydrogens is 198 g/mol. The number of ether oxygens (including phenoxy) is 1. The van der Waals surface area contributed by atoms with Crippen LogP contribution in [0.2, 0.25) is 0 Å². The Morgan fingerprint density at radius 3 is 2.27 bits per heavy atom. The topological polar surface area (TPSA) is 66.8 Å². The van der Waals surface area contributed by atoms with Gasteiger partial charge in [0.25, 0.3) is 0 Å². The Morgan fingerprint density at radius 2 is 1.80 bits per heavy atom. The molecule has 0 heterocycles. The van der Waals surface area contributed by atoms with E-state index in [1.807, 2.05) is 4.90 Å². The molecule has 5 heteroatoms. The molecule has 15 heavy (non-hydrogen) atoms. The molecule has 0 spiro atoms. The maximum Gasteiger partial charge on any atom is 0.306 e. The van der Waals surface area contributed by atoms with Gasteiger partial charge >= 0.3 is 5.97 Å². The van der Waals surface area contributed by atoms with Gasteiger partial charge in [-0.2, -0.15) is 0 Å². The average molecular weight is 217 g/mol. The average Bonchev–Trinajstić information content (AvgIpc) is 2.21. The minimum Gasteiger partial charge on any atom is -0.469 e. The van der Waals surface area contributed by atoms with Crippen LogP contribution >= 0.6 is 0 Å². The van der Waals surface area contributed by atoms with Crippen molar-refractivity contribution in [3.63, 3.8) is 0 Å². The van der Waals surface area contributed by atoms with E-state index in [-0.39, 0.29) is 24.8 Å². The van der Waals surface area contributed by atoms with Crippen LogP contribution in [0.4, 0.5) is 0 Å². The zero-order valence-corrected chi connectivity index (χ0v) is 9.36. The highest BCUT2D eigenvalue weighted by Crippen LogP contribution is 1.96. The number of ketones is 1. The fourth-order valence-electron chi connectivity index (χ4n) is 1.14. The zero-order valence-electron chi connectivity index (χ0n) is 9.36. The third-order valence-electron chi connectivity index (χ3n) is 2.06. The van der Waals surface area contributed by atoms with Gasteiger partial charge in [-0.15, -0.1) is 0 Å². The Balaban J connectivity index is 3.81. The Bertz CT molecular complexity index is 206. The zero-order chi connectivity index (χ0) is 11.7. The lowest BCUT2D eigenvalue weighted by molar-refractivity contribution is -0.141. The first-order valence-corrected chi connectivity index (χ1v) is 4.99. The van der Waals surface area contributed by atoms with Crippen LogP contribution in [0.5, 0.6) is 0 Å². The summed E-state index contributed by atoms with van der Waals surface area (Å²) in [4.78, 5) is 23.5. The molecule has 0 saturated carbocycles. The first-order chi connectivity index (χ1) is 7.10. The predicted molar refractivity (Wildman–Crippen MR) is 55.5 cm³/mol. The van der Waals surface area contributed by atoms with Crippen LogP contribution in [0.15, 0.2) is 0 Å². The molecule has 0 fully saturated rings. The fraction of sp³-hybridized carbons (Fsp3) is 0.800. The maximum atomic E-state index is 10.9. The van der Waals surface area contributed by atoms with Gasteiger partial charge in [-0.05, 0) is 6.92 Å². The van der Waals surface area contributed by atoms with Crippen molar-refractivity contribution >= 4 is 11.8 Å². The molecular formula is C10H19NO4. The molecule has 0 saturated heterocycles. The normalized spacial score (nSPS) is 10.4. The quantitative estimate of drug-likeness (QED) is 0.571. The van der Waals surface area contributed by atoms with E-state index >= 15 is 0 Å². The maximum absolute atomic E-state index is 10.9. The number of carbonyl (C=O) groups excluding carboxylic acids is 2. The molecule has 0 aliphatic carbocycles. The van der Waals surface area contributed by atoms with Crippen LogP contribution in [0.25, 0.3) is 0 Å². The van der Waals surface area contributed by atoms with Gasteiger partial charge in [0.2, 0.25) is 0 Å². The van der Waals surface area contributed by atoms with Gasteiger partial charge in [-0.3, -0.25) is 9.59 Å². The minimum absolute atomic E-state index is 0.0269. The first-order valence-electron chi connectivity index (χ1n) is 4.99. The number of carbonyl (C=O) groups is 2. The summed E-state index contributed by atoms with van der Waals surface area (Å²) >= 11 is 0. The number of methoxy groups -OCH3 is 1. The monoisotopic (exact) mass is 217 g/mol. The van der Waals surface area contributed by atoms with Crippen LogP contribution < -0.4 is 0 Å². The van der Waals surface area contributed by atoms with Gasteiger partial charge < -0.3 is 14.7 Å². The van der Waals surface area contributed by atoms with Crippen molar-refractivity contribution < 1.29 is 19.4 Å². The number of Topliss-reactive ketones (excluding diaryl/α,β-unsaturated/α-hetero) is 1. The number of esters is 1. The van der Waals surface area contributed by atoms with E-state index in [9.17, 15) is 9.59 Å². The van der Waals surface area contributed by atoms with Gasteiger partial charge in [-0.25, -0.2) is 0 Å². The molecule has 0 aliphatic rings. The van der Waals surface area contributed by atoms with E-state index in [2.05, 4.69) is 4.74 Å². The van der Waals surface area contributed by atoms with Gasteiger partial charge in [-0.1, -0.05) is 0 Å². The van der Waals surface area contributed by atoms with E-state index in [1.54, 1.807) is 0 Å². The van der Waals surface area contributed by atoms with Gasteiger partial charge in [0.05, 0.1) is 20.1 Å². The second-order valence-electron chi connectivity index (χ2n) is 3.34. The summed E-state index contributed by atoms with van der Waals surface area (Å²) in [6.45, 7) is 3.12. The van der Waals surface area contributed by atoms with Crippen LogP contribution in [0.3, 0.4) is 0 Å². The summed E-state index contributed by atoms with van der Waals surface area (Å²) in [5.74, 6) is -0.170. The van der Waals surface area contributed by atoms with Crippen molar-refractivity contribution in [2.24, 2.45) is 0 Å². The Morgan fingerprint density at radius 1 is 1.20 bits per heavy atom. The van der Waals surface area contributed by atoms with Crippen molar-refractivity contribution in [1.29, 1.82) is 0 Å². The number of aliphatic hydroxyl groups excluding tert-OH is 1. The molecule has 0 aromatic rings. The highest BCUT2D eigenvalue weighted by atomic mass is 16.5. The Hall–Kier alpha value is -0.940. The first kappa shape index (κ1) is 14.1. The summed E-state index contributed by atoms with van der Waals surface area (Å²) in [5, 5.41) is 8.78. The smallest absolute Gasteiger partial charge is 0.306 e. The summed E-state index contributed by atoms with van der Waals surface area (Å²) in [5.41, 5.74) is 0. The third-order valence-corrected chi connectivity index (χ3v) is 2.06. The third kappa shape index (κ3) is 8.08. The van der Waals surface area contributed by atoms with E-state index in [4.69, 9.17) is 5.11 Å². The Kier molecular flexibility index (Phi) is 7.85. The standard InChI is InChI=1S/C10H19NO4/c1-9(13)3-5-11(7-8-12)6-4-10(14)15-2/h12H,3-8H2,1-2H3. The molecule has 88 valence electrons. The molecule has 0 rings (SSSR count). The number of rotatable bonds is 8. The van der Waals surface area contributed by atoms with Gasteiger partial charge in [0.1, 0.15) is 5.78 Å². The molecule has 0 aromatic heterocycles. The number of hydrogen-bond acceptors (Lipinski definition) is 5. The molecule has 0 atom stereocenters. The van der Waals surface area contributed by atoms with Crippen molar-refractivity contribution in [1.82, 2.24) is 4.90 Å². The fourth-order valence-corrected chi connectivity index (χ4v) is 1.14. The second kappa shape index (κ2) is 8.38. The van der Waals surface area contributed by atoms with Crippen LogP contribution in [0.1, 0.15) is 19.8 Å². The number of hydrogen-bond donors (Lipinski definition) is 1. The van der Waals surface area contributed by atoms with Crippen LogP contribution in [-0.2, 0) is 14.3 Å². The largest absolute Gasteiger partial charge is 0.469 e. The van der Waals surface area contributed by atoms with E-state index in [1.165, 1.54) is 14.0 Å². The summed E-state index contributed by atoms with van der Waals surface area (Å²) < 4.78 is 4.51. The van der Waals surface area contributed by atoms with Gasteiger partial charge in [0, 0.05) is 26.1 Å². The molecule has 0 bridgehead atoms. The molecule has 0 amide bonds. The summed E-state index contributed by atoms with van der Waals surface area (Å²) in [7, 11) is 1.34. The lowest BCUT2D eigenvalue weighted by Crippen LogP contribution is -2.31. The Labute approximate surface area is 90.0 Å². The summed E-state index contributed by atoms with van der Waals surface area (Å²) in [6.07, 6.45) is 0.732. The minimum atomic E-state index is -0.277. The van der Waals surface area contributed by atoms with E-state index in [0.29, 0.717) is 26.1 Å². The van der Waals surface area contributed by atoms with Crippen LogP contribution in [0, 0.1) is 0 Å². The van der Waals surface area contributed by atoms with Crippen LogP contribution in [-0.4, -0.2) is 55.1 Å². The molecule has 0 aromatic carbocycles. The van der Waals surface area contributed by atoms with Crippen molar-refractivity contribution in [3.8, 4) is 0 Å². The van der Waals surface area contributed by atoms with Crippen molar-refractivity contribution in [3.05, 3.63) is 0 Å². The molecule has 5 nitrogen and oxygen atoms in total. The van der Waals surface area contributed by atoms with E-state index in [0.717, 1.165) is 0 Å². The van der Waals surface area contributed by atoms with Crippen molar-refractivity contribution in [2.45, 2.75) is 19.8 Å². The lowest BCUT2D eigenvalue weighted by atomic mass is 10.3. The second-order valence-corrected chi connectivity index (χ2v) is 3.34. The number of nitrogens with zero attached hydrogens (tertiary/aromatic N) is 1. The number of aliphatic hydroxyl groups is 1. The van der Waals surface area contributed by atoms with Gasteiger partial charge in [0.15, 0.2) is 0 Å². The molecule has 0 aliphatic heterocycles. The highest BCUT2D eigenvalue weighted by Gasteiger charge is 2.08. The van der Waals surface area contributed by atoms with E-state index < -0.39 is 0 Å². The summed E-state index contributed by atoms with van der Waals surface area (Å²) in [6, 6.07) is 0. The predicted octanol–water partition coefficient (Wildman–Crippen LogP) is -0.177.